The Kier molecular flexibility index (Phi) is 7.08. The van der Waals surface area contributed by atoms with E-state index in [0.29, 0.717) is 15.9 Å². The third kappa shape index (κ3) is 6.07. The molecule has 3 amide bonds. The van der Waals surface area contributed by atoms with Crippen molar-refractivity contribution in [2.75, 3.05) is 30.3 Å². The van der Waals surface area contributed by atoms with Crippen LogP contribution in [0.15, 0.2) is 42.5 Å². The smallest absolute Gasteiger partial charge is 0.404 e. The highest BCUT2D eigenvalue weighted by atomic mass is 32.1. The number of carbonyl (C=O) groups is 3. The number of likely N-dealkylation sites (tertiary alicyclic amines) is 1. The Labute approximate surface area is 205 Å². The molecule has 1 saturated heterocycles. The van der Waals surface area contributed by atoms with E-state index in [1.807, 2.05) is 0 Å². The Morgan fingerprint density at radius 1 is 1.11 bits per heavy atom. The van der Waals surface area contributed by atoms with Crippen LogP contribution in [0.2, 0.25) is 0 Å². The van der Waals surface area contributed by atoms with Gasteiger partial charge in [-0.3, -0.25) is 19.8 Å². The summed E-state index contributed by atoms with van der Waals surface area (Å²) in [7, 11) is 0. The number of nitrogens with zero attached hydrogens (tertiary/aromatic N) is 2. The van der Waals surface area contributed by atoms with Crippen molar-refractivity contribution in [3.05, 3.63) is 53.8 Å². The fraction of sp³-hybridized carbons (Fsp3) is 0.273. The number of fused-ring (bicyclic) bond motifs is 1. The van der Waals surface area contributed by atoms with E-state index in [1.54, 1.807) is 0 Å². The van der Waals surface area contributed by atoms with Crippen LogP contribution in [0.1, 0.15) is 11.5 Å². The fourth-order valence-electron chi connectivity index (χ4n) is 3.72. The summed E-state index contributed by atoms with van der Waals surface area (Å²) in [6.45, 7) is 0.0342. The van der Waals surface area contributed by atoms with Crippen molar-refractivity contribution in [3.63, 3.8) is 0 Å². The third-order valence-electron chi connectivity index (χ3n) is 5.32. The second-order valence-electron chi connectivity index (χ2n) is 8.10. The number of nitrogens with one attached hydrogen (secondary N) is 3. The molecule has 14 heteroatoms. The lowest BCUT2D eigenvalue weighted by Crippen LogP contribution is -2.61. The van der Waals surface area contributed by atoms with Crippen LogP contribution in [0.5, 0.6) is 0 Å². The van der Waals surface area contributed by atoms with E-state index in [9.17, 15) is 31.9 Å². The Bertz CT molecular complexity index is 1290. The number of hydrogen-bond acceptors (Lipinski definition) is 6. The highest BCUT2D eigenvalue weighted by Gasteiger charge is 2.47. The van der Waals surface area contributed by atoms with Gasteiger partial charge in [-0.15, -0.1) is 0 Å². The number of carboxylic acids is 1. The van der Waals surface area contributed by atoms with Gasteiger partial charge in [-0.25, -0.2) is 14.2 Å². The molecule has 1 aromatic heterocycles. The standard InChI is InChI=1S/C22H19F4N5O4S/c23-12-2-4-13(5-3-12)28-20(35)30-21-29-15-6-1-11(7-16(15)36-21)18(22(24,25)26)19(34)27-14-8-31(9-14)10-17(32)33/h1-7,14,18H,8-10H2,(H,27,34)(H,32,33)(H2,28,29,30,35)/t18-/m1/s1. The highest BCUT2D eigenvalue weighted by Crippen LogP contribution is 2.38. The molecule has 1 fully saturated rings. The SMILES string of the molecule is O=C(O)CN1CC(NC(=O)[C@@H](c2ccc3nc(NC(=O)Nc4ccc(F)cc4)sc3c2)C(F)(F)F)C1. The Balaban J connectivity index is 1.45. The number of carboxylic acid groups (broad SMARTS) is 1. The molecule has 0 bridgehead atoms. The van der Waals surface area contributed by atoms with Crippen molar-refractivity contribution in [2.24, 2.45) is 0 Å². The van der Waals surface area contributed by atoms with Gasteiger partial charge >= 0.3 is 18.2 Å². The number of thiazole rings is 1. The van der Waals surface area contributed by atoms with Crippen LogP contribution in [0, 0.1) is 5.82 Å². The normalized spacial score (nSPS) is 15.2. The Hall–Kier alpha value is -3.78. The quantitative estimate of drug-likeness (QED) is 0.350. The molecule has 2 heterocycles. The number of urea groups is 1. The van der Waals surface area contributed by atoms with E-state index < -0.39 is 41.9 Å². The van der Waals surface area contributed by atoms with Crippen molar-refractivity contribution in [1.82, 2.24) is 15.2 Å². The molecule has 0 aliphatic carbocycles. The number of rotatable bonds is 7. The van der Waals surface area contributed by atoms with E-state index >= 15 is 0 Å². The first kappa shape index (κ1) is 25.3. The van der Waals surface area contributed by atoms with Gasteiger partial charge in [0, 0.05) is 18.8 Å². The number of carbonyl (C=O) groups excluding carboxylic acids is 2. The lowest BCUT2D eigenvalue weighted by atomic mass is 9.96. The molecule has 0 unspecified atom stereocenters. The average Bonchev–Trinajstić information content (AvgIpc) is 3.14. The second-order valence-corrected chi connectivity index (χ2v) is 9.13. The van der Waals surface area contributed by atoms with Crippen molar-refractivity contribution in [3.8, 4) is 0 Å². The van der Waals surface area contributed by atoms with E-state index in [2.05, 4.69) is 20.9 Å². The molecule has 190 valence electrons. The van der Waals surface area contributed by atoms with E-state index in [4.69, 9.17) is 5.11 Å². The first-order valence-electron chi connectivity index (χ1n) is 10.5. The second kappa shape index (κ2) is 10.1. The molecule has 4 rings (SSSR count). The summed E-state index contributed by atoms with van der Waals surface area (Å²) in [5, 5.41) is 16.2. The maximum Gasteiger partial charge on any atom is 0.404 e. The zero-order valence-corrected chi connectivity index (χ0v) is 19.1. The number of aliphatic carboxylic acids is 1. The first-order valence-corrected chi connectivity index (χ1v) is 11.3. The summed E-state index contributed by atoms with van der Waals surface area (Å²) in [5.41, 5.74) is 0.361. The summed E-state index contributed by atoms with van der Waals surface area (Å²) >= 11 is 0.924. The van der Waals surface area contributed by atoms with Gasteiger partial charge < -0.3 is 15.7 Å². The Morgan fingerprint density at radius 3 is 2.44 bits per heavy atom. The number of alkyl halides is 3. The van der Waals surface area contributed by atoms with Crippen LogP contribution < -0.4 is 16.0 Å². The predicted octanol–water partition coefficient (Wildman–Crippen LogP) is 3.61. The molecule has 4 N–H and O–H groups in total. The van der Waals surface area contributed by atoms with Gasteiger partial charge in [0.05, 0.1) is 22.8 Å². The molecule has 9 nitrogen and oxygen atoms in total. The van der Waals surface area contributed by atoms with Crippen LogP contribution in [-0.4, -0.2) is 64.8 Å². The minimum atomic E-state index is -4.87. The molecule has 1 atom stereocenters. The monoisotopic (exact) mass is 525 g/mol. The highest BCUT2D eigenvalue weighted by molar-refractivity contribution is 7.22. The molecule has 0 radical (unpaired) electrons. The number of aromatic nitrogens is 1. The molecule has 36 heavy (non-hydrogen) atoms. The fourth-order valence-corrected chi connectivity index (χ4v) is 4.63. The minimum Gasteiger partial charge on any atom is -0.480 e. The van der Waals surface area contributed by atoms with Crippen molar-refractivity contribution < 1.29 is 37.1 Å². The van der Waals surface area contributed by atoms with Gasteiger partial charge in [0.15, 0.2) is 11.0 Å². The zero-order valence-electron chi connectivity index (χ0n) is 18.3. The zero-order chi connectivity index (χ0) is 26.0. The largest absolute Gasteiger partial charge is 0.480 e. The molecule has 1 aliphatic rings. The van der Waals surface area contributed by atoms with Gasteiger partial charge in [0.25, 0.3) is 0 Å². The number of benzene rings is 2. The van der Waals surface area contributed by atoms with Crippen molar-refractivity contribution in [2.45, 2.75) is 18.1 Å². The predicted molar refractivity (Wildman–Crippen MR) is 123 cm³/mol. The molecule has 1 aliphatic heterocycles. The van der Waals surface area contributed by atoms with Crippen LogP contribution in [-0.2, 0) is 9.59 Å². The third-order valence-corrected chi connectivity index (χ3v) is 6.25. The number of halogens is 4. The van der Waals surface area contributed by atoms with Crippen molar-refractivity contribution >= 4 is 50.3 Å². The molecule has 0 spiro atoms. The van der Waals surface area contributed by atoms with E-state index in [-0.39, 0.29) is 30.3 Å². The average molecular weight is 525 g/mol. The molecule has 2 aromatic carbocycles. The summed E-state index contributed by atoms with van der Waals surface area (Å²) in [4.78, 5) is 41.1. The van der Waals surface area contributed by atoms with Gasteiger partial charge in [0.1, 0.15) is 5.82 Å². The maximum atomic E-state index is 13.8. The Morgan fingerprint density at radius 2 is 1.81 bits per heavy atom. The lowest BCUT2D eigenvalue weighted by molar-refractivity contribution is -0.166. The summed E-state index contributed by atoms with van der Waals surface area (Å²) in [5.74, 6) is -5.20. The number of hydrogen-bond donors (Lipinski definition) is 4. The van der Waals surface area contributed by atoms with Gasteiger partial charge in [-0.05, 0) is 42.0 Å². The summed E-state index contributed by atoms with van der Waals surface area (Å²) < 4.78 is 54.8. The van der Waals surface area contributed by atoms with Gasteiger partial charge in [0.2, 0.25) is 5.91 Å². The molecular formula is C22H19F4N5O4S. The van der Waals surface area contributed by atoms with Gasteiger partial charge in [-0.1, -0.05) is 17.4 Å². The molecule has 0 saturated carbocycles. The van der Waals surface area contributed by atoms with E-state index in [1.165, 1.54) is 41.3 Å². The van der Waals surface area contributed by atoms with Crippen molar-refractivity contribution in [1.29, 1.82) is 0 Å². The number of amides is 3. The van der Waals surface area contributed by atoms with Gasteiger partial charge in [-0.2, -0.15) is 13.2 Å². The van der Waals surface area contributed by atoms with Crippen LogP contribution >= 0.6 is 11.3 Å². The van der Waals surface area contributed by atoms with Crippen LogP contribution in [0.25, 0.3) is 10.2 Å². The summed E-state index contributed by atoms with van der Waals surface area (Å²) in [6.07, 6.45) is -4.87. The number of anilines is 2. The first-order chi connectivity index (χ1) is 17.0. The topological polar surface area (TPSA) is 124 Å². The lowest BCUT2D eigenvalue weighted by Gasteiger charge is -2.39. The summed E-state index contributed by atoms with van der Waals surface area (Å²) in [6, 6.07) is 7.47. The minimum absolute atomic E-state index is 0.114. The molecular weight excluding hydrogens is 506 g/mol. The molecule has 3 aromatic rings. The van der Waals surface area contributed by atoms with E-state index in [0.717, 1.165) is 17.4 Å². The van der Waals surface area contributed by atoms with Crippen LogP contribution in [0.4, 0.5) is 33.2 Å². The van der Waals surface area contributed by atoms with Crippen LogP contribution in [0.3, 0.4) is 0 Å². The maximum absolute atomic E-state index is 13.8.